The fourth-order valence-corrected chi connectivity index (χ4v) is 2.35. The zero-order chi connectivity index (χ0) is 18.4. The minimum atomic E-state index is -0.243. The van der Waals surface area contributed by atoms with Crippen molar-refractivity contribution in [3.05, 3.63) is 83.4 Å². The number of carbonyl (C=O) groups is 1. The van der Waals surface area contributed by atoms with Crippen LogP contribution in [0.1, 0.15) is 5.56 Å². The van der Waals surface area contributed by atoms with Crippen LogP contribution in [0.5, 0.6) is 17.2 Å². The highest BCUT2D eigenvalue weighted by Gasteiger charge is 2.04. The number of hydrogen-bond donors (Lipinski definition) is 1. The zero-order valence-corrected chi connectivity index (χ0v) is 15.0. The Balaban J connectivity index is 1.50. The molecule has 132 valence electrons. The summed E-state index contributed by atoms with van der Waals surface area (Å²) in [6.07, 6.45) is 0. The number of carbonyl (C=O) groups excluding carboxylic acids is 1. The number of nitrogens with one attached hydrogen (secondary N) is 1. The van der Waals surface area contributed by atoms with Gasteiger partial charge >= 0.3 is 0 Å². The van der Waals surface area contributed by atoms with Crippen molar-refractivity contribution in [2.75, 3.05) is 11.9 Å². The number of anilines is 1. The first-order valence-electron chi connectivity index (χ1n) is 8.11. The number of benzene rings is 3. The lowest BCUT2D eigenvalue weighted by Gasteiger charge is -2.09. The van der Waals surface area contributed by atoms with Gasteiger partial charge in [-0.1, -0.05) is 29.3 Å². The molecule has 0 aliphatic rings. The van der Waals surface area contributed by atoms with Crippen LogP contribution in [0.25, 0.3) is 0 Å². The second kappa shape index (κ2) is 8.41. The van der Waals surface area contributed by atoms with Gasteiger partial charge in [0.2, 0.25) is 0 Å². The molecule has 0 heterocycles. The lowest BCUT2D eigenvalue weighted by Crippen LogP contribution is -2.20. The van der Waals surface area contributed by atoms with E-state index < -0.39 is 0 Å². The van der Waals surface area contributed by atoms with Crippen molar-refractivity contribution in [3.8, 4) is 17.2 Å². The molecule has 0 radical (unpaired) electrons. The molecule has 5 heteroatoms. The molecule has 26 heavy (non-hydrogen) atoms. The van der Waals surface area contributed by atoms with E-state index in [0.29, 0.717) is 22.2 Å². The molecule has 3 aromatic carbocycles. The van der Waals surface area contributed by atoms with Gasteiger partial charge in [0.05, 0.1) is 0 Å². The van der Waals surface area contributed by atoms with Gasteiger partial charge in [-0.2, -0.15) is 0 Å². The Morgan fingerprint density at radius 3 is 2.00 bits per heavy atom. The monoisotopic (exact) mass is 367 g/mol. The third kappa shape index (κ3) is 5.26. The molecule has 3 aromatic rings. The van der Waals surface area contributed by atoms with Crippen molar-refractivity contribution in [3.63, 3.8) is 0 Å². The SMILES string of the molecule is Cc1ccc(Oc2ccc(OCC(=O)Nc3ccc(Cl)cc3)cc2)cc1. The number of rotatable bonds is 6. The van der Waals surface area contributed by atoms with Crippen molar-refractivity contribution in [2.45, 2.75) is 6.92 Å². The van der Waals surface area contributed by atoms with Gasteiger partial charge in [0, 0.05) is 10.7 Å². The highest BCUT2D eigenvalue weighted by molar-refractivity contribution is 6.30. The normalized spacial score (nSPS) is 10.2. The second-order valence-corrected chi connectivity index (χ2v) is 6.17. The molecule has 1 amide bonds. The van der Waals surface area contributed by atoms with Gasteiger partial charge in [-0.25, -0.2) is 0 Å². The largest absolute Gasteiger partial charge is 0.484 e. The van der Waals surface area contributed by atoms with Gasteiger partial charge in [-0.15, -0.1) is 0 Å². The molecule has 4 nitrogen and oxygen atoms in total. The van der Waals surface area contributed by atoms with E-state index in [4.69, 9.17) is 21.1 Å². The molecule has 0 unspecified atom stereocenters. The van der Waals surface area contributed by atoms with E-state index >= 15 is 0 Å². The van der Waals surface area contributed by atoms with Gasteiger partial charge < -0.3 is 14.8 Å². The Kier molecular flexibility index (Phi) is 5.77. The van der Waals surface area contributed by atoms with E-state index in [1.165, 1.54) is 5.56 Å². The summed E-state index contributed by atoms with van der Waals surface area (Å²) in [7, 11) is 0. The third-order valence-electron chi connectivity index (χ3n) is 3.58. The predicted molar refractivity (Wildman–Crippen MR) is 103 cm³/mol. The fraction of sp³-hybridized carbons (Fsp3) is 0.0952. The topological polar surface area (TPSA) is 47.6 Å². The number of hydrogen-bond acceptors (Lipinski definition) is 3. The molecule has 0 aromatic heterocycles. The summed E-state index contributed by atoms with van der Waals surface area (Å²) in [4.78, 5) is 11.9. The minimum Gasteiger partial charge on any atom is -0.484 e. The van der Waals surface area contributed by atoms with Crippen LogP contribution in [-0.4, -0.2) is 12.5 Å². The van der Waals surface area contributed by atoms with E-state index in [0.717, 1.165) is 5.75 Å². The molecule has 0 saturated carbocycles. The number of aryl methyl sites for hydroxylation is 1. The molecule has 3 rings (SSSR count). The van der Waals surface area contributed by atoms with Crippen LogP contribution < -0.4 is 14.8 Å². The molecule has 0 spiro atoms. The summed E-state index contributed by atoms with van der Waals surface area (Å²) >= 11 is 5.81. The van der Waals surface area contributed by atoms with E-state index in [1.54, 1.807) is 48.5 Å². The van der Waals surface area contributed by atoms with Gasteiger partial charge in [0.1, 0.15) is 17.2 Å². The van der Waals surface area contributed by atoms with E-state index in [1.807, 2.05) is 31.2 Å². The van der Waals surface area contributed by atoms with Crippen LogP contribution in [0.2, 0.25) is 5.02 Å². The Hall–Kier alpha value is -2.98. The highest BCUT2D eigenvalue weighted by Crippen LogP contribution is 2.24. The first kappa shape index (κ1) is 17.8. The fourth-order valence-electron chi connectivity index (χ4n) is 2.23. The lowest BCUT2D eigenvalue weighted by molar-refractivity contribution is -0.118. The van der Waals surface area contributed by atoms with E-state index in [-0.39, 0.29) is 12.5 Å². The second-order valence-electron chi connectivity index (χ2n) is 5.73. The molecule has 0 fully saturated rings. The molecule has 0 aliphatic carbocycles. The van der Waals surface area contributed by atoms with Crippen molar-refractivity contribution >= 4 is 23.2 Å². The lowest BCUT2D eigenvalue weighted by atomic mass is 10.2. The summed E-state index contributed by atoms with van der Waals surface area (Å²) < 4.78 is 11.2. The van der Waals surface area contributed by atoms with Crippen LogP contribution in [0.15, 0.2) is 72.8 Å². The molecule has 0 bridgehead atoms. The van der Waals surface area contributed by atoms with Gasteiger partial charge in [-0.05, 0) is 67.6 Å². The summed E-state index contributed by atoms with van der Waals surface area (Å²) in [5.41, 5.74) is 1.85. The zero-order valence-electron chi connectivity index (χ0n) is 14.2. The van der Waals surface area contributed by atoms with Gasteiger partial charge in [-0.3, -0.25) is 4.79 Å². The van der Waals surface area contributed by atoms with Crippen molar-refractivity contribution in [1.82, 2.24) is 0 Å². The maximum atomic E-state index is 11.9. The number of halogens is 1. The van der Waals surface area contributed by atoms with Gasteiger partial charge in [0.15, 0.2) is 6.61 Å². The van der Waals surface area contributed by atoms with E-state index in [9.17, 15) is 4.79 Å². The van der Waals surface area contributed by atoms with Gasteiger partial charge in [0.25, 0.3) is 5.91 Å². The Labute approximate surface area is 157 Å². The van der Waals surface area contributed by atoms with Crippen LogP contribution in [0, 0.1) is 6.92 Å². The summed E-state index contributed by atoms with van der Waals surface area (Å²) in [6, 6.07) is 21.8. The standard InChI is InChI=1S/C21H18ClNO3/c1-15-2-8-19(9-3-15)26-20-12-10-18(11-13-20)25-14-21(24)23-17-6-4-16(22)5-7-17/h2-13H,14H2,1H3,(H,23,24). The highest BCUT2D eigenvalue weighted by atomic mass is 35.5. The van der Waals surface area contributed by atoms with Crippen LogP contribution in [0.4, 0.5) is 5.69 Å². The molecule has 0 aliphatic heterocycles. The first-order chi connectivity index (χ1) is 12.6. The van der Waals surface area contributed by atoms with Crippen LogP contribution in [0.3, 0.4) is 0 Å². The van der Waals surface area contributed by atoms with Crippen molar-refractivity contribution < 1.29 is 14.3 Å². The Bertz CT molecular complexity index is 859. The minimum absolute atomic E-state index is 0.0825. The molecule has 1 N–H and O–H groups in total. The van der Waals surface area contributed by atoms with Crippen LogP contribution in [-0.2, 0) is 4.79 Å². The summed E-state index contributed by atoms with van der Waals surface area (Å²) in [6.45, 7) is 1.94. The summed E-state index contributed by atoms with van der Waals surface area (Å²) in [5.74, 6) is 1.82. The Morgan fingerprint density at radius 1 is 0.846 bits per heavy atom. The van der Waals surface area contributed by atoms with Crippen molar-refractivity contribution in [1.29, 1.82) is 0 Å². The first-order valence-corrected chi connectivity index (χ1v) is 8.49. The maximum absolute atomic E-state index is 11.9. The molecule has 0 atom stereocenters. The summed E-state index contributed by atoms with van der Waals surface area (Å²) in [5, 5.41) is 3.36. The molecular formula is C21H18ClNO3. The molecule has 0 saturated heterocycles. The van der Waals surface area contributed by atoms with E-state index in [2.05, 4.69) is 5.32 Å². The number of amides is 1. The average molecular weight is 368 g/mol. The predicted octanol–water partition coefficient (Wildman–Crippen LogP) is 5.46. The number of ether oxygens (including phenoxy) is 2. The molecular weight excluding hydrogens is 350 g/mol. The maximum Gasteiger partial charge on any atom is 0.262 e. The average Bonchev–Trinajstić information content (AvgIpc) is 2.65. The third-order valence-corrected chi connectivity index (χ3v) is 3.83. The smallest absolute Gasteiger partial charge is 0.262 e. The van der Waals surface area contributed by atoms with Crippen LogP contribution >= 0.6 is 11.6 Å². The quantitative estimate of drug-likeness (QED) is 0.629. The van der Waals surface area contributed by atoms with Crippen molar-refractivity contribution in [2.24, 2.45) is 0 Å². The Morgan fingerprint density at radius 2 is 1.38 bits per heavy atom.